The Labute approximate surface area is 226 Å². The van der Waals surface area contributed by atoms with Crippen LogP contribution in [0.4, 0.5) is 30.7 Å². The second-order valence-electron chi connectivity index (χ2n) is 9.43. The molecule has 0 nitrogen and oxygen atoms in total. The van der Waals surface area contributed by atoms with E-state index in [4.69, 9.17) is 0 Å². The molecular formula is C33H21F7. The molecule has 5 rings (SSSR count). The van der Waals surface area contributed by atoms with E-state index >= 15 is 8.78 Å². The second-order valence-corrected chi connectivity index (χ2v) is 9.43. The molecule has 202 valence electrons. The minimum absolute atomic E-state index is 0.144. The van der Waals surface area contributed by atoms with Crippen molar-refractivity contribution in [1.29, 1.82) is 0 Å². The molecule has 0 aliphatic heterocycles. The highest BCUT2D eigenvalue weighted by atomic mass is 19.4. The Balaban J connectivity index is 1.44. The summed E-state index contributed by atoms with van der Waals surface area (Å²) in [6, 6.07) is 20.5. The summed E-state index contributed by atoms with van der Waals surface area (Å²) in [6.07, 6.45) is -1.59. The number of aryl methyl sites for hydroxylation is 1. The lowest BCUT2D eigenvalue weighted by atomic mass is 9.95. The third-order valence-corrected chi connectivity index (χ3v) is 6.75. The van der Waals surface area contributed by atoms with Gasteiger partial charge in [0.15, 0.2) is 0 Å². The predicted octanol–water partition coefficient (Wildman–Crippen LogP) is 10.5. The Morgan fingerprint density at radius 1 is 0.550 bits per heavy atom. The zero-order valence-corrected chi connectivity index (χ0v) is 20.9. The van der Waals surface area contributed by atoms with Crippen molar-refractivity contribution in [2.75, 3.05) is 0 Å². The van der Waals surface area contributed by atoms with Gasteiger partial charge in [-0.15, -0.1) is 6.58 Å². The number of hydrogen-bond acceptors (Lipinski definition) is 0. The Morgan fingerprint density at radius 2 is 1.05 bits per heavy atom. The molecule has 0 aromatic heterocycles. The lowest BCUT2D eigenvalue weighted by molar-refractivity contribution is -0.142. The summed E-state index contributed by atoms with van der Waals surface area (Å²) >= 11 is 0. The Kier molecular flexibility index (Phi) is 7.23. The second kappa shape index (κ2) is 10.6. The normalized spacial score (nSPS) is 11.7. The number of alkyl halides is 3. The van der Waals surface area contributed by atoms with E-state index in [0.29, 0.717) is 23.3 Å². The molecule has 40 heavy (non-hydrogen) atoms. The van der Waals surface area contributed by atoms with Crippen molar-refractivity contribution in [3.05, 3.63) is 132 Å². The Bertz CT molecular complexity index is 1690. The van der Waals surface area contributed by atoms with Gasteiger partial charge in [-0.25, -0.2) is 17.6 Å². The fourth-order valence-corrected chi connectivity index (χ4v) is 4.75. The van der Waals surface area contributed by atoms with Crippen molar-refractivity contribution < 1.29 is 30.7 Å². The molecule has 0 spiro atoms. The SMILES string of the molecule is C=CCCc1ccc2cc(-c3cc(F)c(-c4ccc(-c5cc(F)c(C(F)(F)F)c(F)c5)cc4)c(F)c3)ccc2c1. The lowest BCUT2D eigenvalue weighted by Gasteiger charge is -2.12. The van der Waals surface area contributed by atoms with Crippen LogP contribution in [-0.2, 0) is 12.6 Å². The van der Waals surface area contributed by atoms with E-state index in [2.05, 4.69) is 12.6 Å². The molecule has 0 atom stereocenters. The van der Waals surface area contributed by atoms with Gasteiger partial charge in [-0.3, -0.25) is 0 Å². The van der Waals surface area contributed by atoms with Gasteiger partial charge in [-0.2, -0.15) is 13.2 Å². The molecule has 7 heteroatoms. The molecule has 0 N–H and O–H groups in total. The van der Waals surface area contributed by atoms with Crippen LogP contribution in [0.15, 0.2) is 97.6 Å². The number of fused-ring (bicyclic) bond motifs is 1. The summed E-state index contributed by atoms with van der Waals surface area (Å²) in [4.78, 5) is 0. The summed E-state index contributed by atoms with van der Waals surface area (Å²) in [7, 11) is 0. The van der Waals surface area contributed by atoms with Crippen molar-refractivity contribution in [2.45, 2.75) is 19.0 Å². The first-order valence-corrected chi connectivity index (χ1v) is 12.3. The van der Waals surface area contributed by atoms with Crippen molar-refractivity contribution in [1.82, 2.24) is 0 Å². The van der Waals surface area contributed by atoms with Crippen LogP contribution in [0.2, 0.25) is 0 Å². The van der Waals surface area contributed by atoms with Crippen LogP contribution in [0.3, 0.4) is 0 Å². The first-order chi connectivity index (χ1) is 19.0. The summed E-state index contributed by atoms with van der Waals surface area (Å²) < 4.78 is 97.0. The van der Waals surface area contributed by atoms with E-state index in [1.807, 2.05) is 30.3 Å². The minimum atomic E-state index is -5.18. The topological polar surface area (TPSA) is 0 Å². The maximum atomic E-state index is 15.2. The zero-order valence-electron chi connectivity index (χ0n) is 20.9. The molecule has 0 heterocycles. The van der Waals surface area contributed by atoms with Gasteiger partial charge in [-0.05, 0) is 87.3 Å². The highest BCUT2D eigenvalue weighted by Crippen LogP contribution is 2.37. The standard InChI is InChI=1S/C33H21F7/c1-2-3-4-19-5-6-23-14-24(12-11-22(23)13-19)26-15-27(34)31(28(35)16-26)21-9-7-20(8-10-21)25-17-29(36)32(30(37)18-25)33(38,39)40/h2,5-18H,1,3-4H2. The predicted molar refractivity (Wildman–Crippen MR) is 144 cm³/mol. The Morgan fingerprint density at radius 3 is 1.65 bits per heavy atom. The van der Waals surface area contributed by atoms with Gasteiger partial charge in [0.05, 0.1) is 5.56 Å². The molecule has 0 amide bonds. The van der Waals surface area contributed by atoms with Gasteiger partial charge >= 0.3 is 6.18 Å². The molecule has 0 fully saturated rings. The summed E-state index contributed by atoms with van der Waals surface area (Å²) in [6.45, 7) is 3.74. The van der Waals surface area contributed by atoms with Crippen molar-refractivity contribution in [2.24, 2.45) is 0 Å². The molecule has 0 bridgehead atoms. The van der Waals surface area contributed by atoms with Crippen LogP contribution in [0.1, 0.15) is 17.5 Å². The average Bonchev–Trinajstić information content (AvgIpc) is 2.90. The van der Waals surface area contributed by atoms with Crippen LogP contribution in [0.5, 0.6) is 0 Å². The van der Waals surface area contributed by atoms with Gasteiger partial charge < -0.3 is 0 Å². The van der Waals surface area contributed by atoms with Crippen LogP contribution < -0.4 is 0 Å². The van der Waals surface area contributed by atoms with Gasteiger partial charge in [0.25, 0.3) is 0 Å². The molecule has 0 aliphatic carbocycles. The molecule has 0 radical (unpaired) electrons. The number of rotatable bonds is 6. The first kappa shape index (κ1) is 27.2. The minimum Gasteiger partial charge on any atom is -0.206 e. The van der Waals surface area contributed by atoms with Gasteiger partial charge in [0, 0.05) is 0 Å². The highest BCUT2D eigenvalue weighted by molar-refractivity contribution is 5.88. The van der Waals surface area contributed by atoms with Gasteiger partial charge in [0.1, 0.15) is 28.8 Å². The zero-order chi connectivity index (χ0) is 28.6. The van der Waals surface area contributed by atoms with E-state index in [-0.39, 0.29) is 22.3 Å². The molecule has 5 aromatic rings. The van der Waals surface area contributed by atoms with Gasteiger partial charge in [-0.1, -0.05) is 60.7 Å². The van der Waals surface area contributed by atoms with E-state index in [1.165, 1.54) is 42.0 Å². The van der Waals surface area contributed by atoms with Crippen molar-refractivity contribution in [3.63, 3.8) is 0 Å². The largest absolute Gasteiger partial charge is 0.422 e. The van der Waals surface area contributed by atoms with E-state index < -0.39 is 35.0 Å². The van der Waals surface area contributed by atoms with Crippen LogP contribution >= 0.6 is 0 Å². The van der Waals surface area contributed by atoms with Crippen LogP contribution in [0.25, 0.3) is 44.2 Å². The molecule has 0 unspecified atom stereocenters. The molecule has 0 saturated carbocycles. The third-order valence-electron chi connectivity index (χ3n) is 6.75. The van der Waals surface area contributed by atoms with Crippen molar-refractivity contribution in [3.8, 4) is 33.4 Å². The van der Waals surface area contributed by atoms with Gasteiger partial charge in [0.2, 0.25) is 0 Å². The fourth-order valence-electron chi connectivity index (χ4n) is 4.75. The quantitative estimate of drug-likeness (QED) is 0.146. The van der Waals surface area contributed by atoms with E-state index in [9.17, 15) is 22.0 Å². The van der Waals surface area contributed by atoms with E-state index in [0.717, 1.165) is 23.6 Å². The smallest absolute Gasteiger partial charge is 0.206 e. The van der Waals surface area contributed by atoms with Crippen molar-refractivity contribution >= 4 is 10.8 Å². The maximum absolute atomic E-state index is 15.2. The molecule has 0 saturated heterocycles. The summed E-state index contributed by atoms with van der Waals surface area (Å²) in [5.74, 6) is -5.12. The molecule has 0 aliphatic rings. The third kappa shape index (κ3) is 5.37. The van der Waals surface area contributed by atoms with Crippen LogP contribution in [0, 0.1) is 23.3 Å². The fraction of sp³-hybridized carbons (Fsp3) is 0.0909. The highest BCUT2D eigenvalue weighted by Gasteiger charge is 2.38. The number of hydrogen-bond donors (Lipinski definition) is 0. The number of halogens is 7. The monoisotopic (exact) mass is 550 g/mol. The van der Waals surface area contributed by atoms with Crippen LogP contribution in [-0.4, -0.2) is 0 Å². The molecular weight excluding hydrogens is 529 g/mol. The summed E-state index contributed by atoms with van der Waals surface area (Å²) in [5.41, 5.74) is 0.0713. The molecule has 5 aromatic carbocycles. The van der Waals surface area contributed by atoms with E-state index in [1.54, 1.807) is 6.07 Å². The number of allylic oxidation sites excluding steroid dienone is 1. The lowest BCUT2D eigenvalue weighted by Crippen LogP contribution is -2.11. The average molecular weight is 551 g/mol. The maximum Gasteiger partial charge on any atom is 0.422 e. The number of benzene rings is 5. The summed E-state index contributed by atoms with van der Waals surface area (Å²) in [5, 5.41) is 1.94. The first-order valence-electron chi connectivity index (χ1n) is 12.3. The Hall–Kier alpha value is -4.39.